The summed E-state index contributed by atoms with van der Waals surface area (Å²) in [6.45, 7) is 1.99. The average molecular weight is 461 g/mol. The van der Waals surface area contributed by atoms with Crippen molar-refractivity contribution < 1.29 is 24.2 Å². The van der Waals surface area contributed by atoms with E-state index in [1.807, 2.05) is 66.7 Å². The van der Waals surface area contributed by atoms with Crippen molar-refractivity contribution in [1.29, 1.82) is 0 Å². The molecule has 2 heterocycles. The number of benzene rings is 3. The zero-order valence-electron chi connectivity index (χ0n) is 19.1. The van der Waals surface area contributed by atoms with Gasteiger partial charge in [0.25, 0.3) is 0 Å². The summed E-state index contributed by atoms with van der Waals surface area (Å²) in [4.78, 5) is 8.01. The number of ether oxygens (including phenoxy) is 3. The maximum atomic E-state index is 10.9. The van der Waals surface area contributed by atoms with Crippen LogP contribution in [0.4, 0.5) is 0 Å². The second kappa shape index (κ2) is 10.2. The molecule has 0 amide bonds. The molecule has 3 aromatic carbocycles. The highest BCUT2D eigenvalue weighted by atomic mass is 16.7. The monoisotopic (exact) mass is 460 g/mol. The second-order valence-corrected chi connectivity index (χ2v) is 8.51. The lowest BCUT2D eigenvalue weighted by Gasteiger charge is -2.27. The fourth-order valence-corrected chi connectivity index (χ4v) is 4.32. The van der Waals surface area contributed by atoms with Crippen LogP contribution in [0.25, 0.3) is 0 Å². The van der Waals surface area contributed by atoms with Gasteiger partial charge in [0.2, 0.25) is 6.79 Å². The predicted molar refractivity (Wildman–Crippen MR) is 128 cm³/mol. The van der Waals surface area contributed by atoms with Crippen LogP contribution in [0.5, 0.6) is 17.2 Å². The minimum atomic E-state index is -0.609. The number of aliphatic hydroxyl groups is 1. The minimum Gasteiger partial charge on any atom is -0.497 e. The third-order valence-corrected chi connectivity index (χ3v) is 6.06. The first-order chi connectivity index (χ1) is 16.7. The zero-order valence-corrected chi connectivity index (χ0v) is 19.1. The Balaban J connectivity index is 1.28. The molecule has 3 aromatic rings. The quantitative estimate of drug-likeness (QED) is 0.517. The van der Waals surface area contributed by atoms with Crippen molar-refractivity contribution in [2.45, 2.75) is 25.2 Å². The van der Waals surface area contributed by atoms with Crippen LogP contribution in [0.1, 0.15) is 29.2 Å². The van der Waals surface area contributed by atoms with Crippen molar-refractivity contribution in [3.63, 3.8) is 0 Å². The second-order valence-electron chi connectivity index (χ2n) is 8.51. The van der Waals surface area contributed by atoms with Crippen LogP contribution in [-0.2, 0) is 11.4 Å². The van der Waals surface area contributed by atoms with Crippen LogP contribution in [-0.4, -0.2) is 48.8 Å². The van der Waals surface area contributed by atoms with Crippen LogP contribution >= 0.6 is 0 Å². The van der Waals surface area contributed by atoms with Gasteiger partial charge in [-0.1, -0.05) is 47.6 Å². The standard InChI is InChI=1S/C27H28N2O5/c1-31-22-9-5-6-19(12-22)15-29(17-25(30)20-7-3-2-4-8-20)16-23-14-24(28-34-23)21-10-11-26-27(13-21)33-18-32-26/h2-13,23,25,30H,14-18H2,1H3. The molecule has 0 radical (unpaired) electrons. The van der Waals surface area contributed by atoms with Gasteiger partial charge >= 0.3 is 0 Å². The molecule has 7 heteroatoms. The van der Waals surface area contributed by atoms with E-state index >= 15 is 0 Å². The number of methoxy groups -OCH3 is 1. The van der Waals surface area contributed by atoms with Crippen molar-refractivity contribution in [2.75, 3.05) is 27.0 Å². The Morgan fingerprint density at radius 2 is 1.88 bits per heavy atom. The van der Waals surface area contributed by atoms with E-state index in [4.69, 9.17) is 19.0 Å². The molecule has 5 rings (SSSR count). The van der Waals surface area contributed by atoms with E-state index in [1.54, 1.807) is 7.11 Å². The molecule has 0 bridgehead atoms. The summed E-state index contributed by atoms with van der Waals surface area (Å²) in [5.41, 5.74) is 3.85. The molecule has 0 spiro atoms. The lowest BCUT2D eigenvalue weighted by atomic mass is 10.0. The van der Waals surface area contributed by atoms with Crippen LogP contribution in [0.3, 0.4) is 0 Å². The predicted octanol–water partition coefficient (Wildman–Crippen LogP) is 4.15. The highest BCUT2D eigenvalue weighted by molar-refractivity contribution is 6.01. The minimum absolute atomic E-state index is 0.117. The van der Waals surface area contributed by atoms with Gasteiger partial charge in [-0.3, -0.25) is 4.90 Å². The maximum absolute atomic E-state index is 10.9. The van der Waals surface area contributed by atoms with E-state index < -0.39 is 6.10 Å². The van der Waals surface area contributed by atoms with Crippen LogP contribution in [0.15, 0.2) is 78.0 Å². The summed E-state index contributed by atoms with van der Waals surface area (Å²) >= 11 is 0. The lowest BCUT2D eigenvalue weighted by molar-refractivity contribution is 0.0318. The normalized spacial score (nSPS) is 17.4. The lowest BCUT2D eigenvalue weighted by Crippen LogP contribution is -2.35. The number of rotatable bonds is 9. The highest BCUT2D eigenvalue weighted by Crippen LogP contribution is 2.34. The fraction of sp³-hybridized carbons (Fsp3) is 0.296. The Morgan fingerprint density at radius 3 is 2.74 bits per heavy atom. The van der Waals surface area contributed by atoms with Gasteiger partial charge in [0, 0.05) is 31.6 Å². The van der Waals surface area contributed by atoms with Gasteiger partial charge in [-0.05, 0) is 41.5 Å². The van der Waals surface area contributed by atoms with Crippen LogP contribution < -0.4 is 14.2 Å². The van der Waals surface area contributed by atoms with Crippen molar-refractivity contribution >= 4 is 5.71 Å². The number of fused-ring (bicyclic) bond motifs is 1. The van der Waals surface area contributed by atoms with Crippen LogP contribution in [0, 0.1) is 0 Å². The van der Waals surface area contributed by atoms with E-state index in [0.717, 1.165) is 39.7 Å². The number of oxime groups is 1. The Morgan fingerprint density at radius 1 is 1.03 bits per heavy atom. The highest BCUT2D eigenvalue weighted by Gasteiger charge is 2.27. The first-order valence-electron chi connectivity index (χ1n) is 11.4. The Kier molecular flexibility index (Phi) is 6.65. The van der Waals surface area contributed by atoms with Crippen molar-refractivity contribution in [3.05, 3.63) is 89.5 Å². The molecule has 0 saturated heterocycles. The molecule has 0 fully saturated rings. The zero-order chi connectivity index (χ0) is 23.3. The molecular weight excluding hydrogens is 432 g/mol. The summed E-state index contributed by atoms with van der Waals surface area (Å²) in [6.07, 6.45) is -0.0492. The Bertz CT molecular complexity index is 1150. The molecule has 0 aromatic heterocycles. The summed E-state index contributed by atoms with van der Waals surface area (Å²) in [7, 11) is 1.66. The SMILES string of the molecule is COc1cccc(CN(CC2CC(c3ccc4c(c3)OCO4)=NO2)CC(O)c2ccccc2)c1. The summed E-state index contributed by atoms with van der Waals surface area (Å²) < 4.78 is 16.3. The van der Waals surface area contributed by atoms with Gasteiger partial charge < -0.3 is 24.2 Å². The first kappa shape index (κ1) is 22.3. The van der Waals surface area contributed by atoms with Gasteiger partial charge in [-0.2, -0.15) is 0 Å². The summed E-state index contributed by atoms with van der Waals surface area (Å²) in [6, 6.07) is 23.5. The third kappa shape index (κ3) is 5.16. The van der Waals surface area contributed by atoms with Gasteiger partial charge in [-0.25, -0.2) is 0 Å². The van der Waals surface area contributed by atoms with E-state index in [0.29, 0.717) is 26.1 Å². The van der Waals surface area contributed by atoms with Crippen molar-refractivity contribution in [2.24, 2.45) is 5.16 Å². The van der Waals surface area contributed by atoms with Crippen LogP contribution in [0.2, 0.25) is 0 Å². The number of aliphatic hydroxyl groups excluding tert-OH is 1. The fourth-order valence-electron chi connectivity index (χ4n) is 4.32. The third-order valence-electron chi connectivity index (χ3n) is 6.06. The van der Waals surface area contributed by atoms with Gasteiger partial charge in [0.15, 0.2) is 11.5 Å². The molecule has 2 atom stereocenters. The van der Waals surface area contributed by atoms with E-state index in [9.17, 15) is 5.11 Å². The molecule has 176 valence electrons. The van der Waals surface area contributed by atoms with Crippen molar-refractivity contribution in [3.8, 4) is 17.2 Å². The molecule has 0 aliphatic carbocycles. The first-order valence-corrected chi connectivity index (χ1v) is 11.4. The van der Waals surface area contributed by atoms with E-state index in [1.165, 1.54) is 0 Å². The Labute approximate surface area is 199 Å². The number of nitrogens with zero attached hydrogens (tertiary/aromatic N) is 2. The largest absolute Gasteiger partial charge is 0.497 e. The molecule has 7 nitrogen and oxygen atoms in total. The van der Waals surface area contributed by atoms with E-state index in [-0.39, 0.29) is 12.9 Å². The number of hydrogen-bond acceptors (Lipinski definition) is 7. The molecule has 34 heavy (non-hydrogen) atoms. The molecule has 1 N–H and O–H groups in total. The average Bonchev–Trinajstić information content (AvgIpc) is 3.53. The summed E-state index contributed by atoms with van der Waals surface area (Å²) in [5.74, 6) is 2.29. The maximum Gasteiger partial charge on any atom is 0.231 e. The molecule has 2 aliphatic rings. The van der Waals surface area contributed by atoms with E-state index in [2.05, 4.69) is 16.1 Å². The molecule has 0 saturated carbocycles. The van der Waals surface area contributed by atoms with Crippen molar-refractivity contribution in [1.82, 2.24) is 4.90 Å². The molecule has 2 unspecified atom stereocenters. The van der Waals surface area contributed by atoms with Gasteiger partial charge in [-0.15, -0.1) is 0 Å². The van der Waals surface area contributed by atoms with Gasteiger partial charge in [0.05, 0.1) is 18.9 Å². The molecular formula is C27H28N2O5. The smallest absolute Gasteiger partial charge is 0.231 e. The number of hydrogen-bond donors (Lipinski definition) is 1. The Hall–Kier alpha value is -3.55. The van der Waals surface area contributed by atoms with Gasteiger partial charge in [0.1, 0.15) is 11.9 Å². The summed E-state index contributed by atoms with van der Waals surface area (Å²) in [5, 5.41) is 15.3. The topological polar surface area (TPSA) is 72.8 Å². The molecule has 2 aliphatic heterocycles.